The first kappa shape index (κ1) is 14.2. The van der Waals surface area contributed by atoms with Crippen molar-refractivity contribution >= 4 is 38.8 Å². The Balaban J connectivity index is 1.81. The number of hydrogen-bond acceptors (Lipinski definition) is 6. The van der Waals surface area contributed by atoms with Gasteiger partial charge in [0.1, 0.15) is 15.2 Å². The summed E-state index contributed by atoms with van der Waals surface area (Å²) in [6.07, 6.45) is 2.94. The number of hydrogen-bond donors (Lipinski definition) is 2. The summed E-state index contributed by atoms with van der Waals surface area (Å²) in [5.41, 5.74) is 0. The maximum Gasteiger partial charge on any atom is 0.250 e. The monoisotopic (exact) mass is 318 g/mol. The van der Waals surface area contributed by atoms with Gasteiger partial charge in [0.25, 0.3) is 0 Å². The van der Waals surface area contributed by atoms with Gasteiger partial charge in [-0.15, -0.1) is 11.3 Å². The van der Waals surface area contributed by atoms with Gasteiger partial charge in [-0.1, -0.05) is 17.7 Å². The SMILES string of the molecule is O=S(=O)(NCCNc1cncc(Cl)n1)c1cccs1. The average molecular weight is 319 g/mol. The van der Waals surface area contributed by atoms with Crippen molar-refractivity contribution in [3.05, 3.63) is 35.1 Å². The largest absolute Gasteiger partial charge is 0.367 e. The summed E-state index contributed by atoms with van der Waals surface area (Å²) in [6, 6.07) is 3.25. The van der Waals surface area contributed by atoms with E-state index in [1.807, 2.05) is 0 Å². The number of nitrogens with one attached hydrogen (secondary N) is 2. The Morgan fingerprint density at radius 1 is 1.32 bits per heavy atom. The first-order chi connectivity index (χ1) is 9.08. The third-order valence-corrected chi connectivity index (χ3v) is 5.13. The van der Waals surface area contributed by atoms with E-state index in [0.717, 1.165) is 0 Å². The quantitative estimate of drug-likeness (QED) is 0.790. The number of sulfonamides is 1. The van der Waals surface area contributed by atoms with Crippen molar-refractivity contribution in [2.45, 2.75) is 4.21 Å². The molecule has 0 radical (unpaired) electrons. The minimum atomic E-state index is -3.41. The average Bonchev–Trinajstić information content (AvgIpc) is 2.89. The highest BCUT2D eigenvalue weighted by Crippen LogP contribution is 2.14. The molecule has 2 aromatic rings. The third-order valence-electron chi connectivity index (χ3n) is 2.09. The Hall–Kier alpha value is -1.22. The molecule has 0 saturated carbocycles. The lowest BCUT2D eigenvalue weighted by Crippen LogP contribution is -2.28. The normalized spacial score (nSPS) is 11.4. The lowest BCUT2D eigenvalue weighted by atomic mass is 10.6. The van der Waals surface area contributed by atoms with Gasteiger partial charge in [-0.05, 0) is 11.4 Å². The molecule has 0 amide bonds. The van der Waals surface area contributed by atoms with Crippen LogP contribution in [0.5, 0.6) is 0 Å². The smallest absolute Gasteiger partial charge is 0.250 e. The van der Waals surface area contributed by atoms with E-state index in [9.17, 15) is 8.42 Å². The van der Waals surface area contributed by atoms with Crippen molar-refractivity contribution in [3.63, 3.8) is 0 Å². The number of nitrogens with zero attached hydrogens (tertiary/aromatic N) is 2. The van der Waals surface area contributed by atoms with Crippen LogP contribution < -0.4 is 10.0 Å². The lowest BCUT2D eigenvalue weighted by Gasteiger charge is -2.06. The molecule has 2 aromatic heterocycles. The first-order valence-corrected chi connectivity index (χ1v) is 8.06. The molecule has 0 atom stereocenters. The van der Waals surface area contributed by atoms with Gasteiger partial charge in [-0.2, -0.15) is 0 Å². The fraction of sp³-hybridized carbons (Fsp3) is 0.200. The maximum absolute atomic E-state index is 11.8. The van der Waals surface area contributed by atoms with E-state index in [1.54, 1.807) is 17.5 Å². The van der Waals surface area contributed by atoms with Crippen molar-refractivity contribution < 1.29 is 8.42 Å². The molecule has 0 aromatic carbocycles. The van der Waals surface area contributed by atoms with E-state index < -0.39 is 10.0 Å². The van der Waals surface area contributed by atoms with Gasteiger partial charge in [-0.3, -0.25) is 4.98 Å². The van der Waals surface area contributed by atoms with Crippen LogP contribution in [0.15, 0.2) is 34.1 Å². The molecular formula is C10H11ClN4O2S2. The van der Waals surface area contributed by atoms with Crippen LogP contribution in [0.4, 0.5) is 5.82 Å². The minimum Gasteiger partial charge on any atom is -0.367 e. The first-order valence-electron chi connectivity index (χ1n) is 5.32. The van der Waals surface area contributed by atoms with Gasteiger partial charge >= 0.3 is 0 Å². The zero-order valence-corrected chi connectivity index (χ0v) is 12.1. The second-order valence-electron chi connectivity index (χ2n) is 3.48. The van der Waals surface area contributed by atoms with Gasteiger partial charge in [0.2, 0.25) is 10.0 Å². The molecular weight excluding hydrogens is 308 g/mol. The zero-order valence-electron chi connectivity index (χ0n) is 9.71. The predicted molar refractivity (Wildman–Crippen MR) is 75.0 cm³/mol. The van der Waals surface area contributed by atoms with Crippen LogP contribution in [0.25, 0.3) is 0 Å². The summed E-state index contributed by atoms with van der Waals surface area (Å²) in [5.74, 6) is 0.503. The Bertz CT molecular complexity index is 631. The van der Waals surface area contributed by atoms with Gasteiger partial charge < -0.3 is 5.32 Å². The zero-order chi connectivity index (χ0) is 13.7. The van der Waals surface area contributed by atoms with Crippen LogP contribution in [0, 0.1) is 0 Å². The highest BCUT2D eigenvalue weighted by Gasteiger charge is 2.13. The lowest BCUT2D eigenvalue weighted by molar-refractivity contribution is 0.585. The summed E-state index contributed by atoms with van der Waals surface area (Å²) in [5, 5.41) is 4.92. The standard InChI is InChI=1S/C10H11ClN4O2S2/c11-8-6-12-7-9(15-8)13-3-4-14-19(16,17)10-2-1-5-18-10/h1-2,5-7,14H,3-4H2,(H,13,15). The Morgan fingerprint density at radius 2 is 2.16 bits per heavy atom. The van der Waals surface area contributed by atoms with E-state index in [1.165, 1.54) is 23.7 Å². The Kier molecular flexibility index (Phi) is 4.70. The highest BCUT2D eigenvalue weighted by atomic mass is 35.5. The molecule has 6 nitrogen and oxygen atoms in total. The summed E-state index contributed by atoms with van der Waals surface area (Å²) < 4.78 is 26.3. The molecule has 0 fully saturated rings. The molecule has 102 valence electrons. The number of anilines is 1. The Morgan fingerprint density at radius 3 is 2.84 bits per heavy atom. The second-order valence-corrected chi connectivity index (χ2v) is 6.81. The van der Waals surface area contributed by atoms with E-state index in [-0.39, 0.29) is 11.7 Å². The van der Waals surface area contributed by atoms with E-state index in [2.05, 4.69) is 20.0 Å². The summed E-state index contributed by atoms with van der Waals surface area (Å²) in [4.78, 5) is 7.83. The molecule has 0 unspecified atom stereocenters. The van der Waals surface area contributed by atoms with Crippen LogP contribution in [0.1, 0.15) is 0 Å². The van der Waals surface area contributed by atoms with E-state index in [0.29, 0.717) is 16.6 Å². The molecule has 9 heteroatoms. The van der Waals surface area contributed by atoms with Gasteiger partial charge in [-0.25, -0.2) is 18.1 Å². The van der Waals surface area contributed by atoms with Crippen LogP contribution in [-0.4, -0.2) is 31.5 Å². The van der Waals surface area contributed by atoms with E-state index >= 15 is 0 Å². The van der Waals surface area contributed by atoms with Gasteiger partial charge in [0.05, 0.1) is 12.4 Å². The van der Waals surface area contributed by atoms with Crippen molar-refractivity contribution in [1.29, 1.82) is 0 Å². The molecule has 0 aliphatic heterocycles. The second kappa shape index (κ2) is 6.29. The molecule has 2 rings (SSSR count). The predicted octanol–water partition coefficient (Wildman–Crippen LogP) is 1.58. The molecule has 0 spiro atoms. The fourth-order valence-corrected chi connectivity index (χ4v) is 3.51. The van der Waals surface area contributed by atoms with Crippen LogP contribution >= 0.6 is 22.9 Å². The summed E-state index contributed by atoms with van der Waals surface area (Å²) in [6.45, 7) is 0.633. The molecule has 0 aliphatic rings. The van der Waals surface area contributed by atoms with Crippen LogP contribution in [-0.2, 0) is 10.0 Å². The molecule has 2 N–H and O–H groups in total. The molecule has 19 heavy (non-hydrogen) atoms. The fourth-order valence-electron chi connectivity index (χ4n) is 1.29. The summed E-state index contributed by atoms with van der Waals surface area (Å²) >= 11 is 6.85. The number of aromatic nitrogens is 2. The number of thiophene rings is 1. The van der Waals surface area contributed by atoms with Gasteiger partial charge in [0.15, 0.2) is 0 Å². The summed E-state index contributed by atoms with van der Waals surface area (Å²) in [7, 11) is -3.41. The van der Waals surface area contributed by atoms with Crippen molar-refractivity contribution in [3.8, 4) is 0 Å². The molecule has 0 saturated heterocycles. The van der Waals surface area contributed by atoms with Crippen molar-refractivity contribution in [2.75, 3.05) is 18.4 Å². The molecule has 0 aliphatic carbocycles. The van der Waals surface area contributed by atoms with Crippen molar-refractivity contribution in [2.24, 2.45) is 0 Å². The topological polar surface area (TPSA) is 84.0 Å². The third kappa shape index (κ3) is 4.13. The van der Waals surface area contributed by atoms with Crippen LogP contribution in [0.3, 0.4) is 0 Å². The Labute approximate surface area is 119 Å². The molecule has 0 bridgehead atoms. The molecule has 2 heterocycles. The van der Waals surface area contributed by atoms with Gasteiger partial charge in [0, 0.05) is 13.1 Å². The van der Waals surface area contributed by atoms with Crippen LogP contribution in [0.2, 0.25) is 5.15 Å². The van der Waals surface area contributed by atoms with Crippen molar-refractivity contribution in [1.82, 2.24) is 14.7 Å². The minimum absolute atomic E-state index is 0.244. The number of rotatable bonds is 6. The number of halogens is 1. The van der Waals surface area contributed by atoms with E-state index in [4.69, 9.17) is 11.6 Å². The maximum atomic E-state index is 11.8. The highest BCUT2D eigenvalue weighted by molar-refractivity contribution is 7.91.